The van der Waals surface area contributed by atoms with Crippen LogP contribution in [0.15, 0.2) is 10.8 Å². The van der Waals surface area contributed by atoms with Gasteiger partial charge in [0.1, 0.15) is 22.4 Å². The number of nitrogens with one attached hydrogen (secondary N) is 2. The molecule has 1 atom stereocenters. The minimum absolute atomic E-state index is 0.460. The molecule has 3 N–H and O–H groups in total. The Labute approximate surface area is 117 Å². The van der Waals surface area contributed by atoms with Gasteiger partial charge in [0, 0.05) is 13.1 Å². The Morgan fingerprint density at radius 1 is 1.28 bits per heavy atom. The predicted octanol–water partition coefficient (Wildman–Crippen LogP) is 2.63. The van der Waals surface area contributed by atoms with Gasteiger partial charge in [-0.1, -0.05) is 13.3 Å². The van der Waals surface area contributed by atoms with Crippen LogP contribution < -0.4 is 10.6 Å². The molecule has 0 aromatic carbocycles. The third kappa shape index (κ3) is 4.42. The SMILES string of the molecule is CCCC(C)(O)CNc1ncnc(NCC)c1Br. The third-order valence-corrected chi connectivity index (χ3v) is 3.31. The number of aliphatic hydroxyl groups is 1. The average Bonchev–Trinajstić information content (AvgIpc) is 2.30. The van der Waals surface area contributed by atoms with Crippen molar-refractivity contribution in [2.75, 3.05) is 23.7 Å². The van der Waals surface area contributed by atoms with Crippen LogP contribution in [0.3, 0.4) is 0 Å². The van der Waals surface area contributed by atoms with E-state index in [-0.39, 0.29) is 0 Å². The highest BCUT2D eigenvalue weighted by Gasteiger charge is 2.19. The molecule has 1 rings (SSSR count). The Morgan fingerprint density at radius 3 is 2.44 bits per heavy atom. The second-order valence-electron chi connectivity index (χ2n) is 4.52. The zero-order chi connectivity index (χ0) is 13.6. The van der Waals surface area contributed by atoms with Gasteiger partial charge in [0.2, 0.25) is 0 Å². The van der Waals surface area contributed by atoms with Gasteiger partial charge in [-0.15, -0.1) is 0 Å². The lowest BCUT2D eigenvalue weighted by molar-refractivity contribution is 0.0636. The van der Waals surface area contributed by atoms with Crippen molar-refractivity contribution in [3.8, 4) is 0 Å². The predicted molar refractivity (Wildman–Crippen MR) is 77.9 cm³/mol. The molecule has 0 aliphatic heterocycles. The molecule has 1 heterocycles. The quantitative estimate of drug-likeness (QED) is 0.721. The largest absolute Gasteiger partial charge is 0.388 e. The van der Waals surface area contributed by atoms with E-state index < -0.39 is 5.60 Å². The van der Waals surface area contributed by atoms with E-state index in [1.54, 1.807) is 0 Å². The van der Waals surface area contributed by atoms with E-state index in [0.29, 0.717) is 12.4 Å². The van der Waals surface area contributed by atoms with Crippen LogP contribution in [0.2, 0.25) is 0 Å². The van der Waals surface area contributed by atoms with E-state index >= 15 is 0 Å². The van der Waals surface area contributed by atoms with Crippen LogP contribution in [0.25, 0.3) is 0 Å². The Hall–Kier alpha value is -0.880. The van der Waals surface area contributed by atoms with Crippen molar-refractivity contribution in [1.29, 1.82) is 0 Å². The summed E-state index contributed by atoms with van der Waals surface area (Å²) in [5, 5.41) is 16.4. The van der Waals surface area contributed by atoms with E-state index in [0.717, 1.165) is 29.7 Å². The van der Waals surface area contributed by atoms with Crippen molar-refractivity contribution in [3.05, 3.63) is 10.8 Å². The summed E-state index contributed by atoms with van der Waals surface area (Å²) >= 11 is 3.46. The van der Waals surface area contributed by atoms with Crippen LogP contribution in [0.4, 0.5) is 11.6 Å². The van der Waals surface area contributed by atoms with Crippen LogP contribution in [0.1, 0.15) is 33.6 Å². The number of halogens is 1. The van der Waals surface area contributed by atoms with Crippen molar-refractivity contribution in [1.82, 2.24) is 9.97 Å². The molecule has 0 spiro atoms. The van der Waals surface area contributed by atoms with E-state index in [4.69, 9.17) is 0 Å². The van der Waals surface area contributed by atoms with Crippen molar-refractivity contribution in [2.24, 2.45) is 0 Å². The van der Waals surface area contributed by atoms with Gasteiger partial charge in [0.15, 0.2) is 0 Å². The Morgan fingerprint density at radius 2 is 1.89 bits per heavy atom. The Kier molecular flexibility index (Phi) is 5.81. The first-order valence-electron chi connectivity index (χ1n) is 6.20. The van der Waals surface area contributed by atoms with Gasteiger partial charge >= 0.3 is 0 Å². The van der Waals surface area contributed by atoms with Gasteiger partial charge < -0.3 is 15.7 Å². The normalized spacial score (nSPS) is 14.1. The second kappa shape index (κ2) is 6.89. The first-order valence-corrected chi connectivity index (χ1v) is 7.00. The van der Waals surface area contributed by atoms with Crippen molar-refractivity contribution < 1.29 is 5.11 Å². The summed E-state index contributed by atoms with van der Waals surface area (Å²) in [7, 11) is 0. The van der Waals surface area contributed by atoms with Gasteiger partial charge in [0.05, 0.1) is 5.60 Å². The van der Waals surface area contributed by atoms with Crippen LogP contribution >= 0.6 is 15.9 Å². The van der Waals surface area contributed by atoms with Crippen molar-refractivity contribution in [2.45, 2.75) is 39.2 Å². The van der Waals surface area contributed by atoms with Crippen molar-refractivity contribution in [3.63, 3.8) is 0 Å². The van der Waals surface area contributed by atoms with Crippen LogP contribution in [-0.2, 0) is 0 Å². The first kappa shape index (κ1) is 15.2. The molecule has 5 nitrogen and oxygen atoms in total. The van der Waals surface area contributed by atoms with E-state index in [2.05, 4.69) is 43.5 Å². The summed E-state index contributed by atoms with van der Waals surface area (Å²) in [6.45, 7) is 7.14. The number of hydrogen-bond acceptors (Lipinski definition) is 5. The van der Waals surface area contributed by atoms with Gasteiger partial charge in [0.25, 0.3) is 0 Å². The highest BCUT2D eigenvalue weighted by molar-refractivity contribution is 9.10. The molecule has 6 heteroatoms. The van der Waals surface area contributed by atoms with Gasteiger partial charge in [-0.05, 0) is 36.2 Å². The van der Waals surface area contributed by atoms with E-state index in [1.165, 1.54) is 6.33 Å². The molecule has 1 aromatic rings. The highest BCUT2D eigenvalue weighted by atomic mass is 79.9. The summed E-state index contributed by atoms with van der Waals surface area (Å²) in [6.07, 6.45) is 3.20. The molecule has 0 saturated carbocycles. The number of nitrogens with zero attached hydrogens (tertiary/aromatic N) is 2. The third-order valence-electron chi connectivity index (χ3n) is 2.56. The molecule has 0 amide bonds. The molecule has 1 aromatic heterocycles. The maximum atomic E-state index is 10.1. The number of hydrogen-bond donors (Lipinski definition) is 3. The summed E-state index contributed by atoms with van der Waals surface area (Å²) in [4.78, 5) is 8.30. The molecular formula is C12H21BrN4O. The number of aromatic nitrogens is 2. The molecular weight excluding hydrogens is 296 g/mol. The maximum absolute atomic E-state index is 10.1. The minimum Gasteiger partial charge on any atom is -0.388 e. The standard InChI is InChI=1S/C12H21BrN4O/c1-4-6-12(3,18)7-15-11-9(13)10(14-5-2)16-8-17-11/h8,18H,4-7H2,1-3H3,(H2,14,15,16,17). The fourth-order valence-electron chi connectivity index (χ4n) is 1.68. The zero-order valence-corrected chi connectivity index (χ0v) is 12.7. The molecule has 18 heavy (non-hydrogen) atoms. The molecule has 0 radical (unpaired) electrons. The van der Waals surface area contributed by atoms with Crippen LogP contribution in [0.5, 0.6) is 0 Å². The fraction of sp³-hybridized carbons (Fsp3) is 0.667. The van der Waals surface area contributed by atoms with Gasteiger partial charge in [-0.3, -0.25) is 0 Å². The lowest BCUT2D eigenvalue weighted by atomic mass is 10.0. The van der Waals surface area contributed by atoms with E-state index in [1.807, 2.05) is 13.8 Å². The second-order valence-corrected chi connectivity index (χ2v) is 5.31. The highest BCUT2D eigenvalue weighted by Crippen LogP contribution is 2.27. The fourth-order valence-corrected chi connectivity index (χ4v) is 2.17. The Balaban J connectivity index is 2.70. The number of anilines is 2. The molecule has 0 fully saturated rings. The lowest BCUT2D eigenvalue weighted by Gasteiger charge is -2.23. The molecule has 0 aliphatic carbocycles. The topological polar surface area (TPSA) is 70.1 Å². The molecule has 102 valence electrons. The molecule has 1 unspecified atom stereocenters. The summed E-state index contributed by atoms with van der Waals surface area (Å²) in [5.74, 6) is 1.45. The Bertz CT molecular complexity index is 384. The summed E-state index contributed by atoms with van der Waals surface area (Å²) in [6, 6.07) is 0. The van der Waals surface area contributed by atoms with Crippen LogP contribution in [0, 0.1) is 0 Å². The molecule has 0 aliphatic rings. The van der Waals surface area contributed by atoms with Crippen LogP contribution in [-0.4, -0.2) is 33.8 Å². The first-order chi connectivity index (χ1) is 8.50. The smallest absolute Gasteiger partial charge is 0.146 e. The lowest BCUT2D eigenvalue weighted by Crippen LogP contribution is -2.33. The number of rotatable bonds is 7. The minimum atomic E-state index is -0.725. The molecule has 0 saturated heterocycles. The van der Waals surface area contributed by atoms with Gasteiger partial charge in [-0.25, -0.2) is 9.97 Å². The maximum Gasteiger partial charge on any atom is 0.146 e. The summed E-state index contributed by atoms with van der Waals surface area (Å²) < 4.78 is 0.791. The molecule has 0 bridgehead atoms. The average molecular weight is 317 g/mol. The monoisotopic (exact) mass is 316 g/mol. The van der Waals surface area contributed by atoms with Crippen molar-refractivity contribution >= 4 is 27.6 Å². The van der Waals surface area contributed by atoms with E-state index in [9.17, 15) is 5.11 Å². The zero-order valence-electron chi connectivity index (χ0n) is 11.1. The summed E-state index contributed by atoms with van der Waals surface area (Å²) in [5.41, 5.74) is -0.725. The van der Waals surface area contributed by atoms with Gasteiger partial charge in [-0.2, -0.15) is 0 Å².